The second-order valence-electron chi connectivity index (χ2n) is 2.52. The zero-order valence-electron chi connectivity index (χ0n) is 7.65. The van der Waals surface area contributed by atoms with Gasteiger partial charge in [-0.1, -0.05) is 11.3 Å². The van der Waals surface area contributed by atoms with Crippen LogP contribution in [0.25, 0.3) is 0 Å². The first-order chi connectivity index (χ1) is 6.53. The Labute approximate surface area is 86.6 Å². The number of sulfonamides is 1. The molecule has 0 bridgehead atoms. The van der Waals surface area contributed by atoms with Crippen molar-refractivity contribution in [3.63, 3.8) is 0 Å². The summed E-state index contributed by atoms with van der Waals surface area (Å²) >= 11 is 1.29. The summed E-state index contributed by atoms with van der Waals surface area (Å²) < 4.78 is 24.2. The van der Waals surface area contributed by atoms with Gasteiger partial charge in [0.25, 0.3) is 0 Å². The molecule has 0 atom stereocenters. The average molecular weight is 236 g/mol. The first-order valence-corrected chi connectivity index (χ1v) is 6.37. The standard InChI is InChI=1S/C6H12N4O2S2/c1-8-14(11,12)3-2-9-6-10-4-5(7)13-6/h4,8H,2-3,7H2,1H3,(H,9,10). The molecule has 14 heavy (non-hydrogen) atoms. The van der Waals surface area contributed by atoms with E-state index in [2.05, 4.69) is 15.0 Å². The molecule has 80 valence electrons. The lowest BCUT2D eigenvalue weighted by atomic mass is 10.7. The molecule has 1 rings (SSSR count). The Kier molecular flexibility index (Phi) is 3.67. The number of nitrogens with one attached hydrogen (secondary N) is 2. The maximum atomic E-state index is 11.0. The Hall–Kier alpha value is -0.860. The van der Waals surface area contributed by atoms with Gasteiger partial charge in [-0.2, -0.15) is 0 Å². The Morgan fingerprint density at radius 1 is 1.64 bits per heavy atom. The van der Waals surface area contributed by atoms with Gasteiger partial charge in [0.1, 0.15) is 5.00 Å². The van der Waals surface area contributed by atoms with Gasteiger partial charge < -0.3 is 11.1 Å². The summed E-state index contributed by atoms with van der Waals surface area (Å²) in [5.41, 5.74) is 5.45. The maximum Gasteiger partial charge on any atom is 0.213 e. The fraction of sp³-hybridized carbons (Fsp3) is 0.500. The molecule has 0 aromatic carbocycles. The Morgan fingerprint density at radius 3 is 2.86 bits per heavy atom. The van der Waals surface area contributed by atoms with Gasteiger partial charge in [0.05, 0.1) is 11.9 Å². The summed E-state index contributed by atoms with van der Waals surface area (Å²) in [6.07, 6.45) is 1.53. The lowest BCUT2D eigenvalue weighted by Gasteiger charge is -2.02. The highest BCUT2D eigenvalue weighted by molar-refractivity contribution is 7.89. The van der Waals surface area contributed by atoms with Crippen molar-refractivity contribution in [1.82, 2.24) is 9.71 Å². The predicted octanol–water partition coefficient (Wildman–Crippen LogP) is -0.314. The van der Waals surface area contributed by atoms with E-state index >= 15 is 0 Å². The topological polar surface area (TPSA) is 97.1 Å². The molecule has 8 heteroatoms. The van der Waals surface area contributed by atoms with Crippen molar-refractivity contribution in [2.24, 2.45) is 0 Å². The van der Waals surface area contributed by atoms with Gasteiger partial charge in [0, 0.05) is 6.54 Å². The van der Waals surface area contributed by atoms with Crippen LogP contribution in [-0.2, 0) is 10.0 Å². The molecule has 0 aliphatic rings. The number of nitrogens with two attached hydrogens (primary N) is 1. The fourth-order valence-electron chi connectivity index (χ4n) is 0.763. The molecule has 0 fully saturated rings. The summed E-state index contributed by atoms with van der Waals surface area (Å²) in [5, 5.41) is 4.10. The van der Waals surface area contributed by atoms with Gasteiger partial charge in [0.2, 0.25) is 10.0 Å². The quantitative estimate of drug-likeness (QED) is 0.651. The van der Waals surface area contributed by atoms with Crippen molar-refractivity contribution in [2.75, 3.05) is 30.4 Å². The lowest BCUT2D eigenvalue weighted by Crippen LogP contribution is -2.26. The molecule has 0 saturated heterocycles. The molecule has 0 aliphatic carbocycles. The molecular formula is C6H12N4O2S2. The monoisotopic (exact) mass is 236 g/mol. The van der Waals surface area contributed by atoms with Crippen LogP contribution in [0.1, 0.15) is 0 Å². The van der Waals surface area contributed by atoms with Crippen molar-refractivity contribution in [3.8, 4) is 0 Å². The zero-order valence-corrected chi connectivity index (χ0v) is 9.28. The van der Waals surface area contributed by atoms with Gasteiger partial charge in [-0.15, -0.1) is 0 Å². The molecule has 0 spiro atoms. The Bertz CT molecular complexity index is 386. The van der Waals surface area contributed by atoms with Crippen LogP contribution >= 0.6 is 11.3 Å². The van der Waals surface area contributed by atoms with Gasteiger partial charge in [-0.25, -0.2) is 18.1 Å². The van der Waals surface area contributed by atoms with Crippen molar-refractivity contribution in [2.45, 2.75) is 0 Å². The number of thiazole rings is 1. The van der Waals surface area contributed by atoms with Crippen molar-refractivity contribution in [1.29, 1.82) is 0 Å². The second kappa shape index (κ2) is 4.58. The van der Waals surface area contributed by atoms with Crippen LogP contribution in [0, 0.1) is 0 Å². The van der Waals surface area contributed by atoms with Gasteiger partial charge in [-0.05, 0) is 7.05 Å². The number of nitrogen functional groups attached to an aromatic ring is 1. The van der Waals surface area contributed by atoms with Gasteiger partial charge in [0.15, 0.2) is 5.13 Å². The highest BCUT2D eigenvalue weighted by atomic mass is 32.2. The number of anilines is 2. The van der Waals surface area contributed by atoms with E-state index in [1.165, 1.54) is 24.6 Å². The minimum Gasteiger partial charge on any atom is -0.389 e. The van der Waals surface area contributed by atoms with Gasteiger partial charge in [-0.3, -0.25) is 0 Å². The number of hydrogen-bond acceptors (Lipinski definition) is 6. The predicted molar refractivity (Wildman–Crippen MR) is 57.9 cm³/mol. The summed E-state index contributed by atoms with van der Waals surface area (Å²) in [6.45, 7) is 0.316. The minimum absolute atomic E-state index is 0.0168. The Balaban J connectivity index is 2.36. The van der Waals surface area contributed by atoms with Crippen LogP contribution in [0.3, 0.4) is 0 Å². The van der Waals surface area contributed by atoms with E-state index in [4.69, 9.17) is 5.73 Å². The summed E-state index contributed by atoms with van der Waals surface area (Å²) in [4.78, 5) is 3.93. The molecule has 0 unspecified atom stereocenters. The molecule has 0 saturated carbocycles. The van der Waals surface area contributed by atoms with Crippen molar-refractivity contribution >= 4 is 31.5 Å². The molecule has 6 nitrogen and oxygen atoms in total. The minimum atomic E-state index is -3.15. The van der Waals surface area contributed by atoms with E-state index in [1.54, 1.807) is 0 Å². The van der Waals surface area contributed by atoms with Gasteiger partial charge >= 0.3 is 0 Å². The SMILES string of the molecule is CNS(=O)(=O)CCNc1ncc(N)s1. The molecule has 0 aliphatic heterocycles. The molecule has 0 amide bonds. The van der Waals surface area contributed by atoms with E-state index in [1.807, 2.05) is 0 Å². The molecule has 1 aromatic rings. The first kappa shape index (κ1) is 11.2. The van der Waals surface area contributed by atoms with Crippen LogP contribution in [0.4, 0.5) is 10.1 Å². The third kappa shape index (κ3) is 3.48. The largest absolute Gasteiger partial charge is 0.389 e. The number of rotatable bonds is 5. The number of nitrogens with zero attached hydrogens (tertiary/aromatic N) is 1. The number of hydrogen-bond donors (Lipinski definition) is 3. The third-order valence-electron chi connectivity index (χ3n) is 1.48. The van der Waals surface area contributed by atoms with E-state index in [-0.39, 0.29) is 5.75 Å². The Morgan fingerprint density at radius 2 is 2.36 bits per heavy atom. The fourth-order valence-corrected chi connectivity index (χ4v) is 1.95. The van der Waals surface area contributed by atoms with Crippen LogP contribution in [-0.4, -0.2) is 32.7 Å². The van der Waals surface area contributed by atoms with Crippen molar-refractivity contribution in [3.05, 3.63) is 6.20 Å². The normalized spacial score (nSPS) is 11.5. The lowest BCUT2D eigenvalue weighted by molar-refractivity contribution is 0.588. The van der Waals surface area contributed by atoms with Crippen LogP contribution in [0.5, 0.6) is 0 Å². The molecule has 1 heterocycles. The van der Waals surface area contributed by atoms with E-state index < -0.39 is 10.0 Å². The van der Waals surface area contributed by atoms with Crippen LogP contribution in [0.15, 0.2) is 6.20 Å². The summed E-state index contributed by atoms with van der Waals surface area (Å²) in [5.74, 6) is 0.0168. The third-order valence-corrected chi connectivity index (χ3v) is 3.63. The van der Waals surface area contributed by atoms with E-state index in [0.717, 1.165) is 0 Å². The summed E-state index contributed by atoms with van der Waals surface area (Å²) in [7, 11) is -1.76. The molecule has 4 N–H and O–H groups in total. The number of aromatic nitrogens is 1. The molecular weight excluding hydrogens is 224 g/mol. The average Bonchev–Trinajstić information content (AvgIpc) is 2.51. The molecule has 0 radical (unpaired) electrons. The van der Waals surface area contributed by atoms with Crippen LogP contribution < -0.4 is 15.8 Å². The highest BCUT2D eigenvalue weighted by Crippen LogP contribution is 2.18. The van der Waals surface area contributed by atoms with E-state index in [0.29, 0.717) is 16.7 Å². The first-order valence-electron chi connectivity index (χ1n) is 3.90. The summed E-state index contributed by atoms with van der Waals surface area (Å²) in [6, 6.07) is 0. The second-order valence-corrected chi connectivity index (χ2v) is 5.63. The van der Waals surface area contributed by atoms with Crippen molar-refractivity contribution < 1.29 is 8.42 Å². The van der Waals surface area contributed by atoms with E-state index in [9.17, 15) is 8.42 Å². The maximum absolute atomic E-state index is 11.0. The zero-order chi connectivity index (χ0) is 10.6. The van der Waals surface area contributed by atoms with Crippen LogP contribution in [0.2, 0.25) is 0 Å². The molecule has 1 aromatic heterocycles. The highest BCUT2D eigenvalue weighted by Gasteiger charge is 2.06. The smallest absolute Gasteiger partial charge is 0.213 e.